The highest BCUT2D eigenvalue weighted by atomic mass is 16.5. The van der Waals surface area contributed by atoms with E-state index in [1.54, 1.807) is 13.3 Å². The molecule has 6 heteroatoms. The first-order valence-electron chi connectivity index (χ1n) is 8.38. The molecular formula is C18H24N4O2. The molecule has 1 aliphatic rings. The Bertz CT molecular complexity index is 692. The normalized spacial score (nSPS) is 16.1. The van der Waals surface area contributed by atoms with Gasteiger partial charge in [-0.1, -0.05) is 12.1 Å². The van der Waals surface area contributed by atoms with Crippen LogP contribution in [0.2, 0.25) is 0 Å². The lowest BCUT2D eigenvalue weighted by molar-refractivity contribution is 0.0932. The first kappa shape index (κ1) is 16.5. The van der Waals surface area contributed by atoms with Crippen LogP contribution in [0, 0.1) is 0 Å². The Morgan fingerprint density at radius 3 is 2.96 bits per heavy atom. The number of carbonyl (C=O) groups excluding carboxylic acids is 1. The molecule has 1 atom stereocenters. The van der Waals surface area contributed by atoms with Crippen LogP contribution in [0.25, 0.3) is 11.3 Å². The highest BCUT2D eigenvalue weighted by Gasteiger charge is 2.20. The predicted molar refractivity (Wildman–Crippen MR) is 93.2 cm³/mol. The SMILES string of the molecule is COc1cccc(-c2[nH]ncc2C(=O)N[C@@H](C)CN2CCCC2)c1. The van der Waals surface area contributed by atoms with E-state index in [0.717, 1.165) is 30.9 Å². The Morgan fingerprint density at radius 1 is 1.42 bits per heavy atom. The van der Waals surface area contributed by atoms with E-state index in [1.165, 1.54) is 12.8 Å². The maximum atomic E-state index is 12.6. The molecule has 0 radical (unpaired) electrons. The zero-order valence-electron chi connectivity index (χ0n) is 14.2. The zero-order chi connectivity index (χ0) is 16.9. The summed E-state index contributed by atoms with van der Waals surface area (Å²) in [4.78, 5) is 15.0. The minimum absolute atomic E-state index is 0.101. The van der Waals surface area contributed by atoms with Crippen LogP contribution in [0.5, 0.6) is 5.75 Å². The molecule has 1 aliphatic heterocycles. The molecule has 1 fully saturated rings. The largest absolute Gasteiger partial charge is 0.497 e. The average molecular weight is 328 g/mol. The monoisotopic (exact) mass is 328 g/mol. The fraction of sp³-hybridized carbons (Fsp3) is 0.444. The van der Waals surface area contributed by atoms with Crippen LogP contribution in [-0.2, 0) is 0 Å². The third-order valence-corrected chi connectivity index (χ3v) is 4.35. The molecule has 128 valence electrons. The topological polar surface area (TPSA) is 70.2 Å². The fourth-order valence-corrected chi connectivity index (χ4v) is 3.16. The number of benzene rings is 1. The van der Waals surface area contributed by atoms with Crippen LogP contribution in [0.1, 0.15) is 30.1 Å². The number of likely N-dealkylation sites (tertiary alicyclic amines) is 1. The first-order valence-corrected chi connectivity index (χ1v) is 8.38. The van der Waals surface area contributed by atoms with E-state index in [1.807, 2.05) is 31.2 Å². The summed E-state index contributed by atoms with van der Waals surface area (Å²) in [7, 11) is 1.62. The number of carbonyl (C=O) groups is 1. The Hall–Kier alpha value is -2.34. The van der Waals surface area contributed by atoms with Crippen molar-refractivity contribution in [2.45, 2.75) is 25.8 Å². The number of ether oxygens (including phenoxy) is 1. The lowest BCUT2D eigenvalue weighted by atomic mass is 10.1. The molecule has 1 saturated heterocycles. The van der Waals surface area contributed by atoms with Gasteiger partial charge in [-0.15, -0.1) is 0 Å². The number of rotatable bonds is 6. The minimum Gasteiger partial charge on any atom is -0.497 e. The number of amides is 1. The second-order valence-corrected chi connectivity index (χ2v) is 6.27. The Morgan fingerprint density at radius 2 is 2.21 bits per heavy atom. The number of hydrogen-bond donors (Lipinski definition) is 2. The molecule has 3 rings (SSSR count). The highest BCUT2D eigenvalue weighted by molar-refractivity contribution is 5.99. The minimum atomic E-state index is -0.103. The van der Waals surface area contributed by atoms with Crippen LogP contribution >= 0.6 is 0 Å². The van der Waals surface area contributed by atoms with Gasteiger partial charge in [0.2, 0.25) is 0 Å². The van der Waals surface area contributed by atoms with E-state index in [4.69, 9.17) is 4.74 Å². The number of methoxy groups -OCH3 is 1. The van der Waals surface area contributed by atoms with Gasteiger partial charge in [-0.25, -0.2) is 0 Å². The number of nitrogens with zero attached hydrogens (tertiary/aromatic N) is 2. The number of H-pyrrole nitrogens is 1. The van der Waals surface area contributed by atoms with Crippen LogP contribution in [0.3, 0.4) is 0 Å². The summed E-state index contributed by atoms with van der Waals surface area (Å²) in [6, 6.07) is 7.69. The summed E-state index contributed by atoms with van der Waals surface area (Å²) >= 11 is 0. The second-order valence-electron chi connectivity index (χ2n) is 6.27. The summed E-state index contributed by atoms with van der Waals surface area (Å²) in [5.74, 6) is 0.643. The molecule has 0 bridgehead atoms. The summed E-state index contributed by atoms with van der Waals surface area (Å²) in [5.41, 5.74) is 2.14. The van der Waals surface area contributed by atoms with Gasteiger partial charge in [0, 0.05) is 18.2 Å². The molecule has 1 aromatic heterocycles. The maximum Gasteiger partial charge on any atom is 0.255 e. The van der Waals surface area contributed by atoms with E-state index < -0.39 is 0 Å². The van der Waals surface area contributed by atoms with Gasteiger partial charge in [0.05, 0.1) is 24.6 Å². The van der Waals surface area contributed by atoms with Crippen LogP contribution in [-0.4, -0.2) is 53.8 Å². The van der Waals surface area contributed by atoms with Gasteiger partial charge < -0.3 is 15.0 Å². The Kier molecular flexibility index (Phi) is 5.15. The van der Waals surface area contributed by atoms with E-state index in [2.05, 4.69) is 20.4 Å². The Balaban J connectivity index is 1.70. The van der Waals surface area contributed by atoms with Gasteiger partial charge >= 0.3 is 0 Å². The van der Waals surface area contributed by atoms with Crippen LogP contribution in [0.15, 0.2) is 30.5 Å². The molecule has 1 aromatic carbocycles. The van der Waals surface area contributed by atoms with Crippen molar-refractivity contribution in [3.05, 3.63) is 36.0 Å². The van der Waals surface area contributed by atoms with Crippen molar-refractivity contribution >= 4 is 5.91 Å². The van der Waals surface area contributed by atoms with Gasteiger partial charge in [-0.2, -0.15) is 5.10 Å². The molecule has 0 aliphatic carbocycles. The van der Waals surface area contributed by atoms with Crippen LogP contribution < -0.4 is 10.1 Å². The zero-order valence-corrected chi connectivity index (χ0v) is 14.2. The molecule has 0 unspecified atom stereocenters. The fourth-order valence-electron chi connectivity index (χ4n) is 3.16. The van der Waals surface area contributed by atoms with Crippen molar-refractivity contribution in [1.82, 2.24) is 20.4 Å². The third kappa shape index (κ3) is 3.76. The van der Waals surface area contributed by atoms with Gasteiger partial charge in [0.25, 0.3) is 5.91 Å². The van der Waals surface area contributed by atoms with Crippen molar-refractivity contribution in [3.8, 4) is 17.0 Å². The third-order valence-electron chi connectivity index (χ3n) is 4.35. The first-order chi connectivity index (χ1) is 11.7. The summed E-state index contributed by atoms with van der Waals surface area (Å²) in [6.07, 6.45) is 4.08. The highest BCUT2D eigenvalue weighted by Crippen LogP contribution is 2.25. The number of aromatic amines is 1. The van der Waals surface area contributed by atoms with Crippen molar-refractivity contribution in [2.24, 2.45) is 0 Å². The number of hydrogen-bond acceptors (Lipinski definition) is 4. The lowest BCUT2D eigenvalue weighted by Gasteiger charge is -2.21. The Labute approximate surface area is 142 Å². The smallest absolute Gasteiger partial charge is 0.255 e. The molecule has 1 amide bonds. The molecule has 0 spiro atoms. The van der Waals surface area contributed by atoms with E-state index in [0.29, 0.717) is 11.3 Å². The van der Waals surface area contributed by atoms with Gasteiger partial charge in [-0.05, 0) is 45.0 Å². The summed E-state index contributed by atoms with van der Waals surface area (Å²) in [5, 5.41) is 10.0. The maximum absolute atomic E-state index is 12.6. The number of aromatic nitrogens is 2. The molecule has 2 heterocycles. The van der Waals surface area contributed by atoms with Crippen molar-refractivity contribution < 1.29 is 9.53 Å². The number of nitrogens with one attached hydrogen (secondary N) is 2. The molecule has 0 saturated carbocycles. The van der Waals surface area contributed by atoms with Crippen LogP contribution in [0.4, 0.5) is 0 Å². The molecule has 2 aromatic rings. The van der Waals surface area contributed by atoms with Gasteiger partial charge in [-0.3, -0.25) is 9.89 Å². The lowest BCUT2D eigenvalue weighted by Crippen LogP contribution is -2.41. The molecular weight excluding hydrogens is 304 g/mol. The predicted octanol–water partition coefficient (Wildman–Crippen LogP) is 2.30. The molecule has 2 N–H and O–H groups in total. The van der Waals surface area contributed by atoms with Crippen molar-refractivity contribution in [2.75, 3.05) is 26.7 Å². The van der Waals surface area contributed by atoms with Gasteiger partial charge in [0.15, 0.2) is 0 Å². The van der Waals surface area contributed by atoms with Crippen molar-refractivity contribution in [1.29, 1.82) is 0 Å². The standard InChI is InChI=1S/C18H24N4O2/c1-13(12-22-8-3-4-9-22)20-18(23)16-11-19-21-17(16)14-6-5-7-15(10-14)24-2/h5-7,10-11,13H,3-4,8-9,12H2,1-2H3,(H,19,21)(H,20,23)/t13-/m0/s1. The summed E-state index contributed by atoms with van der Waals surface area (Å²) < 4.78 is 5.25. The average Bonchev–Trinajstić information content (AvgIpc) is 3.26. The van der Waals surface area contributed by atoms with E-state index >= 15 is 0 Å². The molecule has 24 heavy (non-hydrogen) atoms. The van der Waals surface area contributed by atoms with Gasteiger partial charge in [0.1, 0.15) is 5.75 Å². The second kappa shape index (κ2) is 7.49. The quantitative estimate of drug-likeness (QED) is 0.854. The van der Waals surface area contributed by atoms with Crippen molar-refractivity contribution in [3.63, 3.8) is 0 Å². The van der Waals surface area contributed by atoms with E-state index in [-0.39, 0.29) is 11.9 Å². The van der Waals surface area contributed by atoms with E-state index in [9.17, 15) is 4.79 Å². The molecule has 6 nitrogen and oxygen atoms in total. The summed E-state index contributed by atoms with van der Waals surface area (Å²) in [6.45, 7) is 5.18.